The number of ether oxygens (including phenoxy) is 1. The number of aromatic nitrogens is 1. The van der Waals surface area contributed by atoms with E-state index in [1.54, 1.807) is 37.6 Å². The van der Waals surface area contributed by atoms with Gasteiger partial charge in [-0.2, -0.15) is 0 Å². The number of benzene rings is 1. The van der Waals surface area contributed by atoms with Crippen LogP contribution in [0.1, 0.15) is 17.7 Å². The molecule has 0 bridgehead atoms. The third kappa shape index (κ3) is 4.85. The van der Waals surface area contributed by atoms with Crippen molar-refractivity contribution in [1.29, 1.82) is 0 Å². The molecule has 1 aliphatic rings. The Morgan fingerprint density at radius 3 is 2.68 bits per heavy atom. The Labute approximate surface area is 162 Å². The molecule has 0 spiro atoms. The summed E-state index contributed by atoms with van der Waals surface area (Å²) in [5.74, 6) is 0.00257. The Kier molecular flexibility index (Phi) is 6.21. The summed E-state index contributed by atoms with van der Waals surface area (Å²) < 4.78 is 5.09. The summed E-state index contributed by atoms with van der Waals surface area (Å²) in [6.45, 7) is 0.562. The molecule has 1 fully saturated rings. The van der Waals surface area contributed by atoms with E-state index in [0.717, 1.165) is 16.2 Å². The minimum absolute atomic E-state index is 0.0914. The second kappa shape index (κ2) is 8.98. The fourth-order valence-electron chi connectivity index (χ4n) is 2.91. The smallest absolute Gasteiger partial charge is 0.325 e. The quantitative estimate of drug-likeness (QED) is 0.670. The van der Waals surface area contributed by atoms with Crippen LogP contribution < -0.4 is 15.4 Å². The van der Waals surface area contributed by atoms with Gasteiger partial charge in [0.1, 0.15) is 11.8 Å². The number of hydrogen-bond acceptors (Lipinski definition) is 5. The Morgan fingerprint density at radius 1 is 1.21 bits per heavy atom. The van der Waals surface area contributed by atoms with Gasteiger partial charge < -0.3 is 15.4 Å². The third-order valence-corrected chi connectivity index (χ3v) is 4.43. The molecule has 146 valence electrons. The van der Waals surface area contributed by atoms with E-state index >= 15 is 0 Å². The average molecular weight is 382 g/mol. The summed E-state index contributed by atoms with van der Waals surface area (Å²) in [6.07, 6.45) is 2.20. The lowest BCUT2D eigenvalue weighted by Crippen LogP contribution is -2.37. The molecule has 2 aromatic rings. The predicted molar refractivity (Wildman–Crippen MR) is 101 cm³/mol. The standard InChI is InChI=1S/C20H22N4O4/c1-28-16-7-5-14(6-8-16)13-24-19(26)17(23-20(24)27)12-18(25)22-11-9-15-4-2-3-10-21-15/h2-8,10,17H,9,11-13H2,1H3,(H,22,25)(H,23,27)/t17-/m1/s1. The monoisotopic (exact) mass is 382 g/mol. The number of nitrogens with one attached hydrogen (secondary N) is 2. The van der Waals surface area contributed by atoms with Crippen molar-refractivity contribution in [3.63, 3.8) is 0 Å². The lowest BCUT2D eigenvalue weighted by molar-refractivity contribution is -0.131. The number of rotatable bonds is 8. The summed E-state index contributed by atoms with van der Waals surface area (Å²) >= 11 is 0. The molecular formula is C20H22N4O4. The maximum Gasteiger partial charge on any atom is 0.325 e. The van der Waals surface area contributed by atoms with E-state index in [-0.39, 0.29) is 18.9 Å². The van der Waals surface area contributed by atoms with Gasteiger partial charge in [-0.1, -0.05) is 18.2 Å². The molecule has 0 saturated carbocycles. The summed E-state index contributed by atoms with van der Waals surface area (Å²) in [5, 5.41) is 5.33. The van der Waals surface area contributed by atoms with Gasteiger partial charge in [0.25, 0.3) is 5.91 Å². The summed E-state index contributed by atoms with van der Waals surface area (Å²) in [5.41, 5.74) is 1.67. The molecule has 1 aromatic heterocycles. The molecule has 2 N–H and O–H groups in total. The van der Waals surface area contributed by atoms with E-state index in [4.69, 9.17) is 4.74 Å². The number of imide groups is 1. The van der Waals surface area contributed by atoms with Crippen molar-refractivity contribution < 1.29 is 19.1 Å². The zero-order chi connectivity index (χ0) is 19.9. The van der Waals surface area contributed by atoms with E-state index < -0.39 is 18.0 Å². The highest BCUT2D eigenvalue weighted by Crippen LogP contribution is 2.17. The zero-order valence-corrected chi connectivity index (χ0v) is 15.6. The van der Waals surface area contributed by atoms with E-state index in [1.807, 2.05) is 18.2 Å². The Morgan fingerprint density at radius 2 is 2.00 bits per heavy atom. The van der Waals surface area contributed by atoms with Gasteiger partial charge in [0.05, 0.1) is 20.1 Å². The molecule has 1 aliphatic heterocycles. The van der Waals surface area contributed by atoms with Crippen LogP contribution in [0.5, 0.6) is 5.75 Å². The molecular weight excluding hydrogens is 360 g/mol. The fourth-order valence-corrected chi connectivity index (χ4v) is 2.91. The lowest BCUT2D eigenvalue weighted by atomic mass is 10.1. The van der Waals surface area contributed by atoms with Crippen LogP contribution in [0.4, 0.5) is 4.79 Å². The molecule has 1 saturated heterocycles. The van der Waals surface area contributed by atoms with Gasteiger partial charge in [-0.15, -0.1) is 0 Å². The second-order valence-electron chi connectivity index (χ2n) is 6.40. The minimum Gasteiger partial charge on any atom is -0.497 e. The Bertz CT molecular complexity index is 839. The molecule has 0 unspecified atom stereocenters. The first-order valence-electron chi connectivity index (χ1n) is 8.98. The second-order valence-corrected chi connectivity index (χ2v) is 6.40. The number of amides is 4. The Hall–Kier alpha value is -3.42. The van der Waals surface area contributed by atoms with Crippen LogP contribution in [0.3, 0.4) is 0 Å². The van der Waals surface area contributed by atoms with Crippen LogP contribution in [0.2, 0.25) is 0 Å². The summed E-state index contributed by atoms with van der Waals surface area (Å²) in [6, 6.07) is 11.4. The van der Waals surface area contributed by atoms with Crippen molar-refractivity contribution in [2.75, 3.05) is 13.7 Å². The number of pyridine rings is 1. The van der Waals surface area contributed by atoms with E-state index in [1.165, 1.54) is 0 Å². The van der Waals surface area contributed by atoms with Gasteiger partial charge in [0, 0.05) is 24.9 Å². The van der Waals surface area contributed by atoms with Crippen LogP contribution in [-0.4, -0.2) is 47.4 Å². The SMILES string of the molecule is COc1ccc(CN2C(=O)N[C@H](CC(=O)NCCc3ccccn3)C2=O)cc1. The number of carbonyl (C=O) groups is 3. The molecule has 8 heteroatoms. The van der Waals surface area contributed by atoms with Crippen LogP contribution >= 0.6 is 0 Å². The first-order chi connectivity index (χ1) is 13.6. The van der Waals surface area contributed by atoms with Gasteiger partial charge in [-0.3, -0.25) is 19.5 Å². The molecule has 1 atom stereocenters. The van der Waals surface area contributed by atoms with Gasteiger partial charge in [0.15, 0.2) is 0 Å². The van der Waals surface area contributed by atoms with E-state index in [2.05, 4.69) is 15.6 Å². The minimum atomic E-state index is -0.847. The van der Waals surface area contributed by atoms with Crippen LogP contribution in [-0.2, 0) is 22.6 Å². The van der Waals surface area contributed by atoms with Crippen molar-refractivity contribution in [1.82, 2.24) is 20.5 Å². The number of hydrogen-bond donors (Lipinski definition) is 2. The van der Waals surface area contributed by atoms with Crippen LogP contribution in [0.25, 0.3) is 0 Å². The normalized spacial score (nSPS) is 16.0. The summed E-state index contributed by atoms with van der Waals surface area (Å²) in [7, 11) is 1.57. The van der Waals surface area contributed by atoms with Crippen molar-refractivity contribution in [3.05, 3.63) is 59.9 Å². The van der Waals surface area contributed by atoms with E-state index in [0.29, 0.717) is 18.7 Å². The van der Waals surface area contributed by atoms with Crippen LogP contribution in [0.15, 0.2) is 48.7 Å². The number of methoxy groups -OCH3 is 1. The van der Waals surface area contributed by atoms with Crippen molar-refractivity contribution >= 4 is 17.8 Å². The van der Waals surface area contributed by atoms with Crippen molar-refractivity contribution in [2.24, 2.45) is 0 Å². The third-order valence-electron chi connectivity index (χ3n) is 4.43. The van der Waals surface area contributed by atoms with Gasteiger partial charge in [-0.05, 0) is 29.8 Å². The molecule has 8 nitrogen and oxygen atoms in total. The molecule has 4 amide bonds. The molecule has 0 aliphatic carbocycles. The Balaban J connectivity index is 1.49. The largest absolute Gasteiger partial charge is 0.497 e. The lowest BCUT2D eigenvalue weighted by Gasteiger charge is -2.13. The number of nitrogens with zero attached hydrogens (tertiary/aromatic N) is 2. The molecule has 0 radical (unpaired) electrons. The molecule has 3 rings (SSSR count). The van der Waals surface area contributed by atoms with Gasteiger partial charge in [0.2, 0.25) is 5.91 Å². The van der Waals surface area contributed by atoms with Gasteiger partial charge in [-0.25, -0.2) is 4.79 Å². The number of urea groups is 1. The highest BCUT2D eigenvalue weighted by atomic mass is 16.5. The van der Waals surface area contributed by atoms with Gasteiger partial charge >= 0.3 is 6.03 Å². The zero-order valence-electron chi connectivity index (χ0n) is 15.6. The molecule has 2 heterocycles. The first-order valence-corrected chi connectivity index (χ1v) is 8.98. The van der Waals surface area contributed by atoms with E-state index in [9.17, 15) is 14.4 Å². The van der Waals surface area contributed by atoms with Crippen LogP contribution in [0, 0.1) is 0 Å². The maximum atomic E-state index is 12.5. The highest BCUT2D eigenvalue weighted by Gasteiger charge is 2.38. The fraction of sp³-hybridized carbons (Fsp3) is 0.300. The average Bonchev–Trinajstić information content (AvgIpc) is 2.96. The predicted octanol–water partition coefficient (Wildman–Crippen LogP) is 1.26. The summed E-state index contributed by atoms with van der Waals surface area (Å²) in [4.78, 5) is 42.0. The number of carbonyl (C=O) groups excluding carboxylic acids is 3. The highest BCUT2D eigenvalue weighted by molar-refractivity contribution is 6.05. The topological polar surface area (TPSA) is 101 Å². The van der Waals surface area contributed by atoms with Crippen molar-refractivity contribution in [3.8, 4) is 5.75 Å². The molecule has 1 aromatic carbocycles. The molecule has 28 heavy (non-hydrogen) atoms. The first kappa shape index (κ1) is 19.3. The van der Waals surface area contributed by atoms with Crippen molar-refractivity contribution in [2.45, 2.75) is 25.4 Å². The maximum absolute atomic E-state index is 12.5.